The minimum atomic E-state index is -0.896. The zero-order valence-corrected chi connectivity index (χ0v) is 9.84. The summed E-state index contributed by atoms with van der Waals surface area (Å²) in [6.07, 6.45) is 0. The highest BCUT2D eigenvalue weighted by Gasteiger charge is 2.11. The van der Waals surface area contributed by atoms with Crippen molar-refractivity contribution in [2.45, 2.75) is 13.8 Å². The van der Waals surface area contributed by atoms with Crippen LogP contribution in [0.15, 0.2) is 23.7 Å². The molecule has 1 aromatic heterocycles. The zero-order chi connectivity index (χ0) is 11.7. The van der Waals surface area contributed by atoms with Crippen LogP contribution in [0.3, 0.4) is 0 Å². The molecule has 2 rings (SSSR count). The number of aromatic carboxylic acids is 1. The molecule has 0 atom stereocenters. The molecule has 1 N–H and O–H groups in total. The molecule has 0 saturated heterocycles. The van der Waals surface area contributed by atoms with Gasteiger partial charge in [0.2, 0.25) is 0 Å². The predicted octanol–water partition coefficient (Wildman–Crippen LogP) is 3.13. The van der Waals surface area contributed by atoms with Gasteiger partial charge in [-0.05, 0) is 25.5 Å². The van der Waals surface area contributed by atoms with Crippen LogP contribution in [0.2, 0.25) is 0 Å². The summed E-state index contributed by atoms with van der Waals surface area (Å²) in [4.78, 5) is 16.3. The second kappa shape index (κ2) is 4.06. The van der Waals surface area contributed by atoms with E-state index in [1.807, 2.05) is 19.1 Å². The summed E-state index contributed by atoms with van der Waals surface area (Å²) in [7, 11) is 0. The van der Waals surface area contributed by atoms with Crippen LogP contribution in [-0.4, -0.2) is 16.1 Å². The highest BCUT2D eigenvalue weighted by atomic mass is 32.1. The van der Waals surface area contributed by atoms with Crippen LogP contribution < -0.4 is 0 Å². The van der Waals surface area contributed by atoms with E-state index in [1.165, 1.54) is 0 Å². The summed E-state index contributed by atoms with van der Waals surface area (Å²) in [5.74, 6) is -0.896. The van der Waals surface area contributed by atoms with Crippen molar-refractivity contribution in [1.29, 1.82) is 0 Å². The van der Waals surface area contributed by atoms with E-state index in [0.717, 1.165) is 21.7 Å². The van der Waals surface area contributed by atoms with Crippen LogP contribution in [0.1, 0.15) is 20.8 Å². The lowest BCUT2D eigenvalue weighted by molar-refractivity contribution is 0.0696. The van der Waals surface area contributed by atoms with Gasteiger partial charge in [-0.25, -0.2) is 9.78 Å². The number of carboxylic acid groups (broad SMARTS) is 1. The van der Waals surface area contributed by atoms with E-state index in [2.05, 4.69) is 4.98 Å². The van der Waals surface area contributed by atoms with Crippen molar-refractivity contribution in [2.24, 2.45) is 0 Å². The second-order valence-electron chi connectivity index (χ2n) is 3.59. The number of aromatic nitrogens is 1. The Kier molecular flexibility index (Phi) is 2.75. The van der Waals surface area contributed by atoms with Gasteiger partial charge in [0.25, 0.3) is 0 Å². The number of thiazole rings is 1. The molecule has 0 aliphatic rings. The zero-order valence-electron chi connectivity index (χ0n) is 9.02. The topological polar surface area (TPSA) is 50.2 Å². The number of aryl methyl sites for hydroxylation is 2. The van der Waals surface area contributed by atoms with Gasteiger partial charge >= 0.3 is 5.97 Å². The Bertz CT molecular complexity index is 546. The first kappa shape index (κ1) is 10.8. The molecular weight excluding hydrogens is 222 g/mol. The minimum absolute atomic E-state index is 0.338. The van der Waals surface area contributed by atoms with Gasteiger partial charge in [-0.15, -0.1) is 11.3 Å². The van der Waals surface area contributed by atoms with Crippen LogP contribution >= 0.6 is 11.3 Å². The first-order valence-corrected chi connectivity index (χ1v) is 5.72. The number of hydrogen-bond donors (Lipinski definition) is 1. The fraction of sp³-hybridized carbons (Fsp3) is 0.167. The molecule has 0 unspecified atom stereocenters. The maximum Gasteiger partial charge on any atom is 0.335 e. The monoisotopic (exact) mass is 233 g/mol. The lowest BCUT2D eigenvalue weighted by Crippen LogP contribution is -1.99. The molecule has 1 aromatic carbocycles. The Morgan fingerprint density at radius 1 is 1.38 bits per heavy atom. The molecule has 4 heteroatoms. The summed E-state index contributed by atoms with van der Waals surface area (Å²) < 4.78 is 0. The Morgan fingerprint density at radius 3 is 2.69 bits per heavy atom. The number of carbonyl (C=O) groups is 1. The molecule has 0 bridgehead atoms. The average molecular weight is 233 g/mol. The normalized spacial score (nSPS) is 10.4. The highest BCUT2D eigenvalue weighted by Crippen LogP contribution is 2.26. The minimum Gasteiger partial charge on any atom is -0.478 e. The maximum absolute atomic E-state index is 11.0. The second-order valence-corrected chi connectivity index (χ2v) is 4.65. The molecule has 0 radical (unpaired) electrons. The molecule has 2 aromatic rings. The van der Waals surface area contributed by atoms with Gasteiger partial charge in [-0.1, -0.05) is 12.1 Å². The van der Waals surface area contributed by atoms with E-state index < -0.39 is 5.97 Å². The van der Waals surface area contributed by atoms with Crippen LogP contribution in [-0.2, 0) is 0 Å². The number of hydrogen-bond acceptors (Lipinski definition) is 3. The average Bonchev–Trinajstić information content (AvgIpc) is 2.65. The number of rotatable bonds is 2. The van der Waals surface area contributed by atoms with Crippen molar-refractivity contribution in [2.75, 3.05) is 0 Å². The van der Waals surface area contributed by atoms with Gasteiger partial charge in [0.15, 0.2) is 0 Å². The van der Waals surface area contributed by atoms with Crippen molar-refractivity contribution in [3.63, 3.8) is 0 Å². The van der Waals surface area contributed by atoms with E-state index in [0.29, 0.717) is 5.56 Å². The van der Waals surface area contributed by atoms with Gasteiger partial charge in [-0.3, -0.25) is 0 Å². The molecule has 16 heavy (non-hydrogen) atoms. The standard InChI is InChI=1S/C12H11NO2S/c1-7-3-4-9(5-10(7)12(14)15)11-8(2)16-6-13-11/h3-6H,1-2H3,(H,14,15). The number of benzene rings is 1. The predicted molar refractivity (Wildman–Crippen MR) is 64.0 cm³/mol. The van der Waals surface area contributed by atoms with Crippen molar-refractivity contribution in [3.8, 4) is 11.3 Å². The Morgan fingerprint density at radius 2 is 2.12 bits per heavy atom. The third kappa shape index (κ3) is 1.84. The maximum atomic E-state index is 11.0. The lowest BCUT2D eigenvalue weighted by atomic mass is 10.0. The number of nitrogens with zero attached hydrogens (tertiary/aromatic N) is 1. The molecule has 0 spiro atoms. The molecule has 82 valence electrons. The Balaban J connectivity index is 2.56. The van der Waals surface area contributed by atoms with Gasteiger partial charge < -0.3 is 5.11 Å². The van der Waals surface area contributed by atoms with Crippen LogP contribution in [0.5, 0.6) is 0 Å². The van der Waals surface area contributed by atoms with E-state index in [1.54, 1.807) is 29.8 Å². The van der Waals surface area contributed by atoms with E-state index >= 15 is 0 Å². The molecule has 1 heterocycles. The van der Waals surface area contributed by atoms with Crippen molar-refractivity contribution < 1.29 is 9.90 Å². The first-order chi connectivity index (χ1) is 7.59. The Labute approximate surface area is 97.4 Å². The van der Waals surface area contributed by atoms with Gasteiger partial charge in [0, 0.05) is 10.4 Å². The Hall–Kier alpha value is -1.68. The van der Waals surface area contributed by atoms with Crippen molar-refractivity contribution >= 4 is 17.3 Å². The van der Waals surface area contributed by atoms with Gasteiger partial charge in [0.1, 0.15) is 0 Å². The number of carboxylic acids is 1. The molecule has 0 fully saturated rings. The molecule has 3 nitrogen and oxygen atoms in total. The van der Waals surface area contributed by atoms with Gasteiger partial charge in [-0.2, -0.15) is 0 Å². The first-order valence-electron chi connectivity index (χ1n) is 4.84. The molecular formula is C12H11NO2S. The fourth-order valence-electron chi connectivity index (χ4n) is 1.58. The molecule has 0 aliphatic heterocycles. The summed E-state index contributed by atoms with van der Waals surface area (Å²) >= 11 is 1.56. The highest BCUT2D eigenvalue weighted by molar-refractivity contribution is 7.10. The molecule has 0 amide bonds. The third-order valence-electron chi connectivity index (χ3n) is 2.49. The lowest BCUT2D eigenvalue weighted by Gasteiger charge is -2.04. The van der Waals surface area contributed by atoms with E-state index in [9.17, 15) is 4.79 Å². The van der Waals surface area contributed by atoms with Crippen LogP contribution in [0.4, 0.5) is 0 Å². The smallest absolute Gasteiger partial charge is 0.335 e. The third-order valence-corrected chi connectivity index (χ3v) is 3.24. The van der Waals surface area contributed by atoms with Crippen molar-refractivity contribution in [3.05, 3.63) is 39.7 Å². The van der Waals surface area contributed by atoms with Crippen LogP contribution in [0.25, 0.3) is 11.3 Å². The largest absolute Gasteiger partial charge is 0.478 e. The fourth-order valence-corrected chi connectivity index (χ4v) is 2.18. The van der Waals surface area contributed by atoms with E-state index in [4.69, 9.17) is 5.11 Å². The van der Waals surface area contributed by atoms with Gasteiger partial charge in [0.05, 0.1) is 16.8 Å². The van der Waals surface area contributed by atoms with E-state index in [-0.39, 0.29) is 0 Å². The summed E-state index contributed by atoms with van der Waals surface area (Å²) in [6, 6.07) is 5.40. The molecule has 0 saturated carbocycles. The van der Waals surface area contributed by atoms with Crippen LogP contribution in [0, 0.1) is 13.8 Å². The van der Waals surface area contributed by atoms with Crippen molar-refractivity contribution in [1.82, 2.24) is 4.98 Å². The summed E-state index contributed by atoms with van der Waals surface area (Å²) in [6.45, 7) is 3.77. The molecule has 0 aliphatic carbocycles. The quantitative estimate of drug-likeness (QED) is 0.867. The summed E-state index contributed by atoms with van der Waals surface area (Å²) in [5.41, 5.74) is 4.61. The summed E-state index contributed by atoms with van der Waals surface area (Å²) in [5, 5.41) is 9.04. The SMILES string of the molecule is Cc1ccc(-c2ncsc2C)cc1C(=O)O.